The molecule has 2 fully saturated rings. The van der Waals surface area contributed by atoms with Crippen molar-refractivity contribution in [3.63, 3.8) is 0 Å². The number of rotatable bonds is 6. The fourth-order valence-corrected chi connectivity index (χ4v) is 4.78. The normalized spacial score (nSPS) is 19.3. The quantitative estimate of drug-likeness (QED) is 0.741. The number of carbonyl (C=O) groups is 2. The molecule has 4 rings (SSSR count). The van der Waals surface area contributed by atoms with Gasteiger partial charge in [0, 0.05) is 25.2 Å². The molecule has 0 spiro atoms. The van der Waals surface area contributed by atoms with E-state index in [4.69, 9.17) is 9.47 Å². The van der Waals surface area contributed by atoms with E-state index in [9.17, 15) is 9.59 Å². The zero-order chi connectivity index (χ0) is 20.8. The van der Waals surface area contributed by atoms with Crippen molar-refractivity contribution in [3.05, 3.63) is 48.0 Å². The van der Waals surface area contributed by atoms with Gasteiger partial charge in [-0.05, 0) is 29.7 Å². The number of morpholine rings is 1. The maximum atomic E-state index is 12.6. The Labute approximate surface area is 177 Å². The fourth-order valence-electron chi connectivity index (χ4n) is 4.78. The van der Waals surface area contributed by atoms with Crippen LogP contribution in [0.5, 0.6) is 0 Å². The average Bonchev–Trinajstić information content (AvgIpc) is 2.82. The molecule has 1 saturated heterocycles. The second-order valence-corrected chi connectivity index (χ2v) is 8.26. The summed E-state index contributed by atoms with van der Waals surface area (Å²) in [6.45, 7) is 3.65. The zero-order valence-corrected chi connectivity index (χ0v) is 17.4. The van der Waals surface area contributed by atoms with Gasteiger partial charge in [-0.2, -0.15) is 0 Å². The van der Waals surface area contributed by atoms with Gasteiger partial charge in [-0.3, -0.25) is 9.69 Å². The third-order valence-electron chi connectivity index (χ3n) is 6.42. The number of nitrogens with zero attached hydrogens (tertiary/aromatic N) is 1. The Morgan fingerprint density at radius 3 is 2.53 bits per heavy atom. The second-order valence-electron chi connectivity index (χ2n) is 8.26. The van der Waals surface area contributed by atoms with Gasteiger partial charge >= 0.3 is 5.97 Å². The molecule has 2 aromatic carbocycles. The summed E-state index contributed by atoms with van der Waals surface area (Å²) < 4.78 is 10.8. The molecule has 0 atom stereocenters. The van der Waals surface area contributed by atoms with Crippen LogP contribution in [0.3, 0.4) is 0 Å². The monoisotopic (exact) mass is 410 g/mol. The highest BCUT2D eigenvalue weighted by atomic mass is 16.5. The van der Waals surface area contributed by atoms with Gasteiger partial charge in [-0.25, -0.2) is 4.79 Å². The van der Waals surface area contributed by atoms with Crippen molar-refractivity contribution >= 4 is 22.6 Å². The third-order valence-corrected chi connectivity index (χ3v) is 6.42. The minimum Gasteiger partial charge on any atom is -0.452 e. The lowest BCUT2D eigenvalue weighted by Gasteiger charge is -2.48. The van der Waals surface area contributed by atoms with Gasteiger partial charge in [0.15, 0.2) is 6.61 Å². The van der Waals surface area contributed by atoms with Crippen molar-refractivity contribution in [2.45, 2.75) is 37.6 Å². The lowest BCUT2D eigenvalue weighted by Crippen LogP contribution is -2.59. The van der Waals surface area contributed by atoms with Gasteiger partial charge in [0.25, 0.3) is 5.91 Å². The van der Waals surface area contributed by atoms with E-state index in [-0.39, 0.29) is 18.1 Å². The van der Waals surface area contributed by atoms with Crippen LogP contribution < -0.4 is 5.32 Å². The van der Waals surface area contributed by atoms with Gasteiger partial charge < -0.3 is 14.8 Å². The molecule has 2 aromatic rings. The Morgan fingerprint density at radius 2 is 1.73 bits per heavy atom. The number of fused-ring (bicyclic) bond motifs is 1. The van der Waals surface area contributed by atoms with Crippen LogP contribution in [-0.2, 0) is 14.3 Å². The number of ether oxygens (including phenoxy) is 2. The molecule has 1 aliphatic carbocycles. The van der Waals surface area contributed by atoms with E-state index < -0.39 is 5.97 Å². The van der Waals surface area contributed by atoms with Crippen LogP contribution in [0.2, 0.25) is 0 Å². The molecule has 1 N–H and O–H groups in total. The predicted octanol–water partition coefficient (Wildman–Crippen LogP) is 3.15. The van der Waals surface area contributed by atoms with E-state index in [1.807, 2.05) is 36.4 Å². The molecule has 1 saturated carbocycles. The molecular formula is C24H30N2O4. The lowest BCUT2D eigenvalue weighted by molar-refractivity contribution is -0.125. The van der Waals surface area contributed by atoms with Crippen LogP contribution in [-0.4, -0.2) is 61.8 Å². The smallest absolute Gasteiger partial charge is 0.339 e. The standard InChI is InChI=1S/C24H30N2O4/c27-22(17-30-23(28)21-10-6-8-19-7-2-3-9-20(19)21)25-18-24(11-4-1-5-12-24)26-13-15-29-16-14-26/h2-3,6-10H,1,4-5,11-18H2,(H,25,27). The molecule has 1 amide bonds. The predicted molar refractivity (Wildman–Crippen MR) is 115 cm³/mol. The molecule has 160 valence electrons. The van der Waals surface area contributed by atoms with E-state index in [1.165, 1.54) is 19.3 Å². The second kappa shape index (κ2) is 9.58. The summed E-state index contributed by atoms with van der Waals surface area (Å²) in [5.41, 5.74) is 0.482. The molecule has 1 aliphatic heterocycles. The van der Waals surface area contributed by atoms with E-state index in [2.05, 4.69) is 10.2 Å². The summed E-state index contributed by atoms with van der Waals surface area (Å²) >= 11 is 0. The molecule has 30 heavy (non-hydrogen) atoms. The van der Waals surface area contributed by atoms with Gasteiger partial charge in [-0.15, -0.1) is 0 Å². The molecule has 0 unspecified atom stereocenters. The van der Waals surface area contributed by atoms with Gasteiger partial charge in [0.05, 0.1) is 18.8 Å². The number of benzene rings is 2. The van der Waals surface area contributed by atoms with Crippen molar-refractivity contribution in [2.75, 3.05) is 39.5 Å². The molecule has 0 bridgehead atoms. The highest BCUT2D eigenvalue weighted by Gasteiger charge is 2.38. The topological polar surface area (TPSA) is 67.9 Å². The number of esters is 1. The van der Waals surface area contributed by atoms with Crippen LogP contribution >= 0.6 is 0 Å². The maximum absolute atomic E-state index is 12.6. The van der Waals surface area contributed by atoms with Gasteiger partial charge in [-0.1, -0.05) is 55.7 Å². The summed E-state index contributed by atoms with van der Waals surface area (Å²) in [6.07, 6.45) is 5.79. The largest absolute Gasteiger partial charge is 0.452 e. The van der Waals surface area contributed by atoms with Crippen molar-refractivity contribution in [1.82, 2.24) is 10.2 Å². The molecule has 2 aliphatic rings. The van der Waals surface area contributed by atoms with Crippen LogP contribution in [0.25, 0.3) is 10.8 Å². The van der Waals surface area contributed by atoms with Crippen molar-refractivity contribution in [2.24, 2.45) is 0 Å². The average molecular weight is 411 g/mol. The van der Waals surface area contributed by atoms with Crippen molar-refractivity contribution < 1.29 is 19.1 Å². The van der Waals surface area contributed by atoms with Crippen LogP contribution in [0.4, 0.5) is 0 Å². The first-order chi connectivity index (χ1) is 14.7. The molecule has 6 nitrogen and oxygen atoms in total. The highest BCUT2D eigenvalue weighted by Crippen LogP contribution is 2.33. The van der Waals surface area contributed by atoms with Crippen LogP contribution in [0, 0.1) is 0 Å². The third kappa shape index (κ3) is 4.65. The first-order valence-corrected chi connectivity index (χ1v) is 10.9. The van der Waals surface area contributed by atoms with Crippen molar-refractivity contribution in [1.29, 1.82) is 0 Å². The Bertz CT molecular complexity index is 880. The van der Waals surface area contributed by atoms with E-state index in [0.717, 1.165) is 49.9 Å². The summed E-state index contributed by atoms with van der Waals surface area (Å²) in [7, 11) is 0. The Kier molecular flexibility index (Phi) is 6.65. The molecule has 1 heterocycles. The summed E-state index contributed by atoms with van der Waals surface area (Å²) in [6, 6.07) is 13.2. The molecule has 0 aromatic heterocycles. The number of amides is 1. The Hall–Kier alpha value is -2.44. The molecule has 0 radical (unpaired) electrons. The molecule has 6 heteroatoms. The van der Waals surface area contributed by atoms with E-state index in [0.29, 0.717) is 12.1 Å². The minimum atomic E-state index is -0.470. The van der Waals surface area contributed by atoms with E-state index in [1.54, 1.807) is 6.07 Å². The highest BCUT2D eigenvalue weighted by molar-refractivity contribution is 6.04. The van der Waals surface area contributed by atoms with Gasteiger partial charge in [0.2, 0.25) is 0 Å². The zero-order valence-electron chi connectivity index (χ0n) is 17.4. The number of nitrogens with one attached hydrogen (secondary N) is 1. The lowest BCUT2D eigenvalue weighted by atomic mass is 9.79. The maximum Gasteiger partial charge on any atom is 0.339 e. The number of carbonyl (C=O) groups excluding carboxylic acids is 2. The number of hydrogen-bond acceptors (Lipinski definition) is 5. The minimum absolute atomic E-state index is 0.00265. The van der Waals surface area contributed by atoms with Crippen LogP contribution in [0.15, 0.2) is 42.5 Å². The summed E-state index contributed by atoms with van der Waals surface area (Å²) in [5, 5.41) is 4.84. The Balaban J connectivity index is 1.34. The molecular weight excluding hydrogens is 380 g/mol. The summed E-state index contributed by atoms with van der Waals surface area (Å²) in [5.74, 6) is -0.718. The van der Waals surface area contributed by atoms with Crippen LogP contribution in [0.1, 0.15) is 42.5 Å². The SMILES string of the molecule is O=C(COC(=O)c1cccc2ccccc12)NCC1(N2CCOCC2)CCCCC1. The summed E-state index contributed by atoms with van der Waals surface area (Å²) in [4.78, 5) is 27.5. The Morgan fingerprint density at radius 1 is 1.00 bits per heavy atom. The van der Waals surface area contributed by atoms with E-state index >= 15 is 0 Å². The first kappa shape index (κ1) is 20.8. The fraction of sp³-hybridized carbons (Fsp3) is 0.500. The van der Waals surface area contributed by atoms with Crippen molar-refractivity contribution in [3.8, 4) is 0 Å². The first-order valence-electron chi connectivity index (χ1n) is 10.9. The van der Waals surface area contributed by atoms with Gasteiger partial charge in [0.1, 0.15) is 0 Å². The number of hydrogen-bond donors (Lipinski definition) is 1.